The number of aromatic nitrogens is 1. The van der Waals surface area contributed by atoms with Gasteiger partial charge in [0.2, 0.25) is 5.91 Å². The third-order valence-corrected chi connectivity index (χ3v) is 3.72. The molecule has 0 unspecified atom stereocenters. The standard InChI is InChI=1S/C14H24N4O/c1-14(2,18-7-5-15-6-8-18)9-13(19)17-11-12-3-4-16-10-12/h3-4,10,15-16H,5-9,11H2,1-2H3,(H,17,19). The van der Waals surface area contributed by atoms with Gasteiger partial charge in [-0.05, 0) is 25.5 Å². The minimum absolute atomic E-state index is 0.0790. The van der Waals surface area contributed by atoms with Crippen LogP contribution in [0.4, 0.5) is 0 Å². The number of H-pyrrole nitrogens is 1. The van der Waals surface area contributed by atoms with E-state index in [0.29, 0.717) is 13.0 Å². The van der Waals surface area contributed by atoms with Gasteiger partial charge in [-0.2, -0.15) is 0 Å². The van der Waals surface area contributed by atoms with Gasteiger partial charge < -0.3 is 15.6 Å². The average Bonchev–Trinajstić information content (AvgIpc) is 2.90. The Labute approximate surface area is 114 Å². The lowest BCUT2D eigenvalue weighted by atomic mass is 9.96. The van der Waals surface area contributed by atoms with Crippen LogP contribution in [0.1, 0.15) is 25.8 Å². The van der Waals surface area contributed by atoms with Crippen molar-refractivity contribution in [2.75, 3.05) is 26.2 Å². The Morgan fingerprint density at radius 1 is 1.42 bits per heavy atom. The molecule has 0 aromatic carbocycles. The lowest BCUT2D eigenvalue weighted by Gasteiger charge is -2.40. The van der Waals surface area contributed by atoms with Gasteiger partial charge in [0.05, 0.1) is 0 Å². The Morgan fingerprint density at radius 3 is 2.79 bits per heavy atom. The SMILES string of the molecule is CC(C)(CC(=O)NCc1cc[nH]c1)N1CCNCC1. The number of aromatic amines is 1. The first-order valence-corrected chi connectivity index (χ1v) is 6.92. The Kier molecular flexibility index (Phi) is 4.61. The van der Waals surface area contributed by atoms with E-state index in [2.05, 4.69) is 34.4 Å². The molecule has 0 bridgehead atoms. The van der Waals surface area contributed by atoms with E-state index >= 15 is 0 Å². The number of hydrogen-bond acceptors (Lipinski definition) is 3. The van der Waals surface area contributed by atoms with E-state index in [1.54, 1.807) is 0 Å². The van der Waals surface area contributed by atoms with Gasteiger partial charge in [0.15, 0.2) is 0 Å². The number of amides is 1. The molecular weight excluding hydrogens is 240 g/mol. The predicted molar refractivity (Wildman–Crippen MR) is 75.8 cm³/mol. The van der Waals surface area contributed by atoms with E-state index in [4.69, 9.17) is 0 Å². The summed E-state index contributed by atoms with van der Waals surface area (Å²) in [6.07, 6.45) is 4.31. The van der Waals surface area contributed by atoms with Crippen molar-refractivity contribution in [2.45, 2.75) is 32.4 Å². The van der Waals surface area contributed by atoms with Crippen molar-refractivity contribution in [1.82, 2.24) is 20.5 Å². The summed E-state index contributed by atoms with van der Waals surface area (Å²) in [6.45, 7) is 8.93. The summed E-state index contributed by atoms with van der Waals surface area (Å²) in [5, 5.41) is 6.32. The third-order valence-electron chi connectivity index (χ3n) is 3.72. The minimum atomic E-state index is -0.0790. The summed E-state index contributed by atoms with van der Waals surface area (Å²) >= 11 is 0. The number of nitrogens with zero attached hydrogens (tertiary/aromatic N) is 1. The fourth-order valence-electron chi connectivity index (χ4n) is 2.51. The fourth-order valence-corrected chi connectivity index (χ4v) is 2.51. The first kappa shape index (κ1) is 14.1. The van der Waals surface area contributed by atoms with Crippen LogP contribution in [-0.4, -0.2) is 47.5 Å². The average molecular weight is 264 g/mol. The second-order valence-electron chi connectivity index (χ2n) is 5.72. The molecule has 0 aliphatic carbocycles. The molecule has 3 N–H and O–H groups in total. The molecule has 1 amide bonds. The van der Waals surface area contributed by atoms with Crippen LogP contribution in [-0.2, 0) is 11.3 Å². The second-order valence-corrected chi connectivity index (χ2v) is 5.72. The number of piperazine rings is 1. The predicted octanol–water partition coefficient (Wildman–Crippen LogP) is 0.705. The van der Waals surface area contributed by atoms with Crippen molar-refractivity contribution in [1.29, 1.82) is 0 Å². The molecule has 0 atom stereocenters. The first-order valence-electron chi connectivity index (χ1n) is 6.92. The number of nitrogens with one attached hydrogen (secondary N) is 3. The zero-order valence-electron chi connectivity index (χ0n) is 11.8. The third kappa shape index (κ3) is 4.08. The summed E-state index contributed by atoms with van der Waals surface area (Å²) in [5.41, 5.74) is 1.03. The van der Waals surface area contributed by atoms with Crippen LogP contribution in [0.3, 0.4) is 0 Å². The topological polar surface area (TPSA) is 60.2 Å². The van der Waals surface area contributed by atoms with Crippen LogP contribution in [0.2, 0.25) is 0 Å². The van der Waals surface area contributed by atoms with E-state index < -0.39 is 0 Å². The van der Waals surface area contributed by atoms with E-state index in [1.807, 2.05) is 18.5 Å². The minimum Gasteiger partial charge on any atom is -0.367 e. The summed E-state index contributed by atoms with van der Waals surface area (Å²) in [5.74, 6) is 0.115. The highest BCUT2D eigenvalue weighted by molar-refractivity contribution is 5.77. The molecule has 5 heteroatoms. The van der Waals surface area contributed by atoms with Crippen molar-refractivity contribution in [3.63, 3.8) is 0 Å². The summed E-state index contributed by atoms with van der Waals surface area (Å²) in [7, 11) is 0. The highest BCUT2D eigenvalue weighted by Gasteiger charge is 2.30. The normalized spacial score (nSPS) is 17.4. The van der Waals surface area contributed by atoms with Crippen LogP contribution < -0.4 is 10.6 Å². The lowest BCUT2D eigenvalue weighted by molar-refractivity contribution is -0.123. The van der Waals surface area contributed by atoms with E-state index in [-0.39, 0.29) is 11.4 Å². The van der Waals surface area contributed by atoms with Crippen molar-refractivity contribution < 1.29 is 4.79 Å². The molecule has 1 aromatic heterocycles. The maximum absolute atomic E-state index is 12.0. The largest absolute Gasteiger partial charge is 0.367 e. The van der Waals surface area contributed by atoms with Crippen molar-refractivity contribution in [2.24, 2.45) is 0 Å². The Balaban J connectivity index is 1.79. The van der Waals surface area contributed by atoms with E-state index in [0.717, 1.165) is 31.7 Å². The molecule has 19 heavy (non-hydrogen) atoms. The zero-order chi connectivity index (χ0) is 13.7. The molecule has 106 valence electrons. The lowest BCUT2D eigenvalue weighted by Crippen LogP contribution is -2.54. The van der Waals surface area contributed by atoms with Gasteiger partial charge in [0.25, 0.3) is 0 Å². The number of hydrogen-bond donors (Lipinski definition) is 3. The van der Waals surface area contributed by atoms with Crippen LogP contribution in [0.15, 0.2) is 18.5 Å². The van der Waals surface area contributed by atoms with Gasteiger partial charge in [-0.25, -0.2) is 0 Å². The maximum atomic E-state index is 12.0. The summed E-state index contributed by atoms with van der Waals surface area (Å²) < 4.78 is 0. The van der Waals surface area contributed by atoms with Crippen LogP contribution in [0.5, 0.6) is 0 Å². The van der Waals surface area contributed by atoms with Crippen LogP contribution in [0.25, 0.3) is 0 Å². The van der Waals surface area contributed by atoms with Gasteiger partial charge in [0, 0.05) is 57.1 Å². The first-order chi connectivity index (χ1) is 9.08. The van der Waals surface area contributed by atoms with Gasteiger partial charge in [-0.15, -0.1) is 0 Å². The molecule has 0 spiro atoms. The number of carbonyl (C=O) groups is 1. The quantitative estimate of drug-likeness (QED) is 0.734. The molecule has 1 aliphatic heterocycles. The fraction of sp³-hybridized carbons (Fsp3) is 0.643. The highest BCUT2D eigenvalue weighted by atomic mass is 16.1. The van der Waals surface area contributed by atoms with Crippen LogP contribution in [0, 0.1) is 0 Å². The van der Waals surface area contributed by atoms with E-state index in [1.165, 1.54) is 0 Å². The highest BCUT2D eigenvalue weighted by Crippen LogP contribution is 2.19. The molecule has 0 saturated carbocycles. The summed E-state index contributed by atoms with van der Waals surface area (Å²) in [4.78, 5) is 17.4. The molecule has 5 nitrogen and oxygen atoms in total. The zero-order valence-corrected chi connectivity index (χ0v) is 11.8. The monoisotopic (exact) mass is 264 g/mol. The van der Waals surface area contributed by atoms with Crippen LogP contribution >= 0.6 is 0 Å². The Hall–Kier alpha value is -1.33. The Morgan fingerprint density at radius 2 is 2.16 bits per heavy atom. The second kappa shape index (κ2) is 6.21. The van der Waals surface area contributed by atoms with Gasteiger partial charge in [0.1, 0.15) is 0 Å². The van der Waals surface area contributed by atoms with Crippen molar-refractivity contribution in [3.05, 3.63) is 24.0 Å². The maximum Gasteiger partial charge on any atom is 0.222 e. The summed E-state index contributed by atoms with van der Waals surface area (Å²) in [6, 6.07) is 1.97. The molecule has 1 saturated heterocycles. The molecule has 1 fully saturated rings. The molecule has 2 heterocycles. The molecule has 1 aliphatic rings. The van der Waals surface area contributed by atoms with Gasteiger partial charge >= 0.3 is 0 Å². The van der Waals surface area contributed by atoms with Gasteiger partial charge in [-0.3, -0.25) is 9.69 Å². The Bertz CT molecular complexity index is 394. The molecule has 0 radical (unpaired) electrons. The smallest absolute Gasteiger partial charge is 0.222 e. The molecule has 2 rings (SSSR count). The van der Waals surface area contributed by atoms with Crippen molar-refractivity contribution >= 4 is 5.91 Å². The number of carbonyl (C=O) groups excluding carboxylic acids is 1. The molecular formula is C14H24N4O. The van der Waals surface area contributed by atoms with Gasteiger partial charge in [-0.1, -0.05) is 0 Å². The number of rotatable bonds is 5. The van der Waals surface area contributed by atoms with Crippen molar-refractivity contribution in [3.8, 4) is 0 Å². The van der Waals surface area contributed by atoms with E-state index in [9.17, 15) is 4.79 Å². The molecule has 1 aromatic rings.